The summed E-state index contributed by atoms with van der Waals surface area (Å²) in [6.45, 7) is 6.17. The maximum Gasteiger partial charge on any atom is 0.322 e. The molecule has 0 aromatic carbocycles. The molecule has 0 amide bonds. The van der Waals surface area contributed by atoms with Gasteiger partial charge in [0.1, 0.15) is 6.04 Å². The summed E-state index contributed by atoms with van der Waals surface area (Å²) in [5.74, 6) is -0.180. The van der Waals surface area contributed by atoms with Gasteiger partial charge in [-0.15, -0.1) is 11.3 Å². The molecule has 4 heteroatoms. The van der Waals surface area contributed by atoms with E-state index in [1.54, 1.807) is 11.3 Å². The zero-order chi connectivity index (χ0) is 12.0. The zero-order valence-electron chi connectivity index (χ0n) is 10.0. The molecule has 1 aromatic rings. The Morgan fingerprint density at radius 1 is 1.56 bits per heavy atom. The molecule has 0 bridgehead atoms. The molecule has 16 heavy (non-hydrogen) atoms. The Balaban J connectivity index is 2.33. The number of nitrogens with one attached hydrogen (secondary N) is 1. The number of rotatable bonds is 6. The second kappa shape index (κ2) is 6.66. The lowest BCUT2D eigenvalue weighted by Crippen LogP contribution is -2.41. The lowest BCUT2D eigenvalue weighted by Gasteiger charge is -2.18. The standard InChI is InChI=1S/C12H19NO2S/c1-4-15-12(14)10(3)13-9(2)8-11-6-5-7-16-11/h5-7,9-10,13H,4,8H2,1-3H3. The summed E-state index contributed by atoms with van der Waals surface area (Å²) >= 11 is 1.74. The zero-order valence-corrected chi connectivity index (χ0v) is 10.8. The summed E-state index contributed by atoms with van der Waals surface area (Å²) < 4.78 is 4.94. The quantitative estimate of drug-likeness (QED) is 0.776. The van der Waals surface area contributed by atoms with Gasteiger partial charge in [0.25, 0.3) is 0 Å². The SMILES string of the molecule is CCOC(=O)C(C)NC(C)Cc1cccs1. The maximum atomic E-state index is 11.4. The van der Waals surface area contributed by atoms with E-state index in [4.69, 9.17) is 4.74 Å². The fraction of sp³-hybridized carbons (Fsp3) is 0.583. The second-order valence-corrected chi connectivity index (χ2v) is 4.86. The van der Waals surface area contributed by atoms with Crippen LogP contribution in [0.5, 0.6) is 0 Å². The Hall–Kier alpha value is -0.870. The Morgan fingerprint density at radius 3 is 2.88 bits per heavy atom. The van der Waals surface area contributed by atoms with E-state index in [-0.39, 0.29) is 18.1 Å². The molecule has 3 nitrogen and oxygen atoms in total. The summed E-state index contributed by atoms with van der Waals surface area (Å²) in [5, 5.41) is 5.30. The van der Waals surface area contributed by atoms with Gasteiger partial charge in [0.05, 0.1) is 6.61 Å². The van der Waals surface area contributed by atoms with Crippen molar-refractivity contribution in [1.29, 1.82) is 0 Å². The summed E-state index contributed by atoms with van der Waals surface area (Å²) in [5.41, 5.74) is 0. The molecule has 1 rings (SSSR count). The van der Waals surface area contributed by atoms with Gasteiger partial charge in [-0.25, -0.2) is 0 Å². The molecule has 2 unspecified atom stereocenters. The number of hydrogen-bond donors (Lipinski definition) is 1. The van der Waals surface area contributed by atoms with E-state index in [1.807, 2.05) is 19.9 Å². The average Bonchev–Trinajstić information content (AvgIpc) is 2.70. The molecule has 1 aromatic heterocycles. The largest absolute Gasteiger partial charge is 0.465 e. The van der Waals surface area contributed by atoms with Crippen LogP contribution in [-0.4, -0.2) is 24.7 Å². The topological polar surface area (TPSA) is 38.3 Å². The number of carbonyl (C=O) groups excluding carboxylic acids is 1. The Kier molecular flexibility index (Phi) is 5.49. The normalized spacial score (nSPS) is 14.4. The molecule has 0 fully saturated rings. The van der Waals surface area contributed by atoms with Gasteiger partial charge < -0.3 is 10.1 Å². The van der Waals surface area contributed by atoms with Gasteiger partial charge in [0.15, 0.2) is 0 Å². The van der Waals surface area contributed by atoms with Crippen LogP contribution in [0.1, 0.15) is 25.6 Å². The predicted molar refractivity (Wildman–Crippen MR) is 66.7 cm³/mol. The molecule has 0 saturated carbocycles. The second-order valence-electron chi connectivity index (χ2n) is 3.82. The third kappa shape index (κ3) is 4.33. The molecule has 0 aliphatic rings. The molecular formula is C12H19NO2S. The molecule has 2 atom stereocenters. The van der Waals surface area contributed by atoms with Crippen LogP contribution in [0.25, 0.3) is 0 Å². The van der Waals surface area contributed by atoms with Gasteiger partial charge >= 0.3 is 5.97 Å². The van der Waals surface area contributed by atoms with Crippen LogP contribution in [-0.2, 0) is 16.0 Å². The Morgan fingerprint density at radius 2 is 2.31 bits per heavy atom. The van der Waals surface area contributed by atoms with Gasteiger partial charge in [0.2, 0.25) is 0 Å². The van der Waals surface area contributed by atoms with E-state index in [2.05, 4.69) is 23.7 Å². The Bertz CT molecular complexity index is 311. The molecule has 0 aliphatic carbocycles. The van der Waals surface area contributed by atoms with E-state index < -0.39 is 0 Å². The van der Waals surface area contributed by atoms with Crippen LogP contribution >= 0.6 is 11.3 Å². The highest BCUT2D eigenvalue weighted by Gasteiger charge is 2.16. The summed E-state index contributed by atoms with van der Waals surface area (Å²) in [6.07, 6.45) is 0.946. The van der Waals surface area contributed by atoms with E-state index >= 15 is 0 Å². The predicted octanol–water partition coefficient (Wildman–Crippen LogP) is 2.22. The third-order valence-corrected chi connectivity index (χ3v) is 3.16. The minimum absolute atomic E-state index is 0.180. The van der Waals surface area contributed by atoms with Gasteiger partial charge in [0, 0.05) is 10.9 Å². The average molecular weight is 241 g/mol. The summed E-state index contributed by atoms with van der Waals surface area (Å²) in [7, 11) is 0. The van der Waals surface area contributed by atoms with Crippen molar-refractivity contribution in [1.82, 2.24) is 5.32 Å². The highest BCUT2D eigenvalue weighted by molar-refractivity contribution is 7.09. The molecule has 0 aliphatic heterocycles. The van der Waals surface area contributed by atoms with Crippen LogP contribution in [0.3, 0.4) is 0 Å². The Labute approximate surface area is 101 Å². The summed E-state index contributed by atoms with van der Waals surface area (Å²) in [4.78, 5) is 12.7. The van der Waals surface area contributed by atoms with Crippen LogP contribution in [0.2, 0.25) is 0 Å². The molecule has 1 N–H and O–H groups in total. The van der Waals surface area contributed by atoms with Gasteiger partial charge in [-0.2, -0.15) is 0 Å². The molecule has 0 spiro atoms. The molecule has 1 heterocycles. The van der Waals surface area contributed by atoms with Crippen LogP contribution in [0.15, 0.2) is 17.5 Å². The highest BCUT2D eigenvalue weighted by Crippen LogP contribution is 2.11. The molecule has 90 valence electrons. The number of carbonyl (C=O) groups is 1. The first-order valence-electron chi connectivity index (χ1n) is 5.58. The molecular weight excluding hydrogens is 222 g/mol. The number of ether oxygens (including phenoxy) is 1. The molecule has 0 saturated heterocycles. The van der Waals surface area contributed by atoms with Crippen molar-refractivity contribution in [2.45, 2.75) is 39.3 Å². The number of hydrogen-bond acceptors (Lipinski definition) is 4. The van der Waals surface area contributed by atoms with Crippen molar-refractivity contribution in [3.63, 3.8) is 0 Å². The van der Waals surface area contributed by atoms with Crippen molar-refractivity contribution < 1.29 is 9.53 Å². The van der Waals surface area contributed by atoms with Gasteiger partial charge in [-0.3, -0.25) is 4.79 Å². The fourth-order valence-electron chi connectivity index (χ4n) is 1.55. The summed E-state index contributed by atoms with van der Waals surface area (Å²) in [6, 6.07) is 4.19. The maximum absolute atomic E-state index is 11.4. The van der Waals surface area contributed by atoms with E-state index in [9.17, 15) is 4.79 Å². The van der Waals surface area contributed by atoms with Gasteiger partial charge in [-0.05, 0) is 38.6 Å². The first-order chi connectivity index (χ1) is 7.63. The highest BCUT2D eigenvalue weighted by atomic mass is 32.1. The third-order valence-electron chi connectivity index (χ3n) is 2.26. The number of thiophene rings is 1. The first kappa shape index (κ1) is 13.2. The van der Waals surface area contributed by atoms with Crippen LogP contribution < -0.4 is 5.32 Å². The van der Waals surface area contributed by atoms with Crippen molar-refractivity contribution in [2.75, 3.05) is 6.61 Å². The minimum Gasteiger partial charge on any atom is -0.465 e. The van der Waals surface area contributed by atoms with Crippen molar-refractivity contribution in [2.24, 2.45) is 0 Å². The fourth-order valence-corrected chi connectivity index (χ4v) is 2.39. The smallest absolute Gasteiger partial charge is 0.322 e. The monoisotopic (exact) mass is 241 g/mol. The van der Waals surface area contributed by atoms with Crippen LogP contribution in [0, 0.1) is 0 Å². The van der Waals surface area contributed by atoms with E-state index in [1.165, 1.54) is 4.88 Å². The van der Waals surface area contributed by atoms with Crippen molar-refractivity contribution in [3.05, 3.63) is 22.4 Å². The van der Waals surface area contributed by atoms with Gasteiger partial charge in [-0.1, -0.05) is 6.07 Å². The lowest BCUT2D eigenvalue weighted by molar-refractivity contribution is -0.145. The lowest BCUT2D eigenvalue weighted by atomic mass is 10.2. The first-order valence-corrected chi connectivity index (χ1v) is 6.46. The van der Waals surface area contributed by atoms with E-state index in [0.717, 1.165) is 6.42 Å². The van der Waals surface area contributed by atoms with Crippen molar-refractivity contribution in [3.8, 4) is 0 Å². The van der Waals surface area contributed by atoms with Crippen LogP contribution in [0.4, 0.5) is 0 Å². The van der Waals surface area contributed by atoms with Crippen molar-refractivity contribution >= 4 is 17.3 Å². The minimum atomic E-state index is -0.241. The molecule has 0 radical (unpaired) electrons. The number of esters is 1. The van der Waals surface area contributed by atoms with E-state index in [0.29, 0.717) is 6.61 Å².